The first-order valence-electron chi connectivity index (χ1n) is 51.0. The topological polar surface area (TPSA) is 6.48 Å². The van der Waals surface area contributed by atoms with Crippen molar-refractivity contribution in [1.29, 1.82) is 0 Å². The molecule has 0 aromatic heterocycles. The maximum Gasteiger partial charge on any atom is 0.0736 e. The first-order chi connectivity index (χ1) is 72.9. The summed E-state index contributed by atoms with van der Waals surface area (Å²) in [6, 6.07) is 201. The summed E-state index contributed by atoms with van der Waals surface area (Å²) < 4.78 is 0. The van der Waals surface area contributed by atoms with Gasteiger partial charge in [0.05, 0.1) is 38.4 Å². The van der Waals surface area contributed by atoms with E-state index in [-0.39, 0.29) is 0 Å². The molecule has 4 aliphatic heterocycles. The third-order valence-electron chi connectivity index (χ3n) is 33.8. The van der Waals surface area contributed by atoms with E-state index in [1.165, 1.54) is 239 Å². The first kappa shape index (κ1) is 83.7. The molecule has 32 rings (SSSR count). The minimum Gasteiger partial charge on any atom is -0.310 e. The molecule has 2 nitrogen and oxygen atoms in total. The van der Waals surface area contributed by atoms with Crippen molar-refractivity contribution < 1.29 is 0 Å². The summed E-state index contributed by atoms with van der Waals surface area (Å²) in [5.74, 6) is 0. The summed E-state index contributed by atoms with van der Waals surface area (Å²) in [5, 5.41) is 2.37. The van der Waals surface area contributed by atoms with Crippen LogP contribution in [-0.4, -0.2) is 0 Å². The van der Waals surface area contributed by atoms with Gasteiger partial charge in [-0.1, -0.05) is 460 Å². The first-order valence-corrected chi connectivity index (χ1v) is 54.2. The highest BCUT2D eigenvalue weighted by Gasteiger charge is 2.58. The van der Waals surface area contributed by atoms with Crippen molar-refractivity contribution in [3.8, 4) is 77.9 Å². The lowest BCUT2D eigenvalue weighted by Gasteiger charge is -2.41. The van der Waals surface area contributed by atoms with E-state index >= 15 is 0 Å². The Kier molecular flexibility index (Phi) is 18.0. The third kappa shape index (κ3) is 11.2. The number of nitrogens with zero attached hydrogens (tertiary/aromatic N) is 2. The molecule has 684 valence electrons. The van der Waals surface area contributed by atoms with Crippen LogP contribution >= 0.6 is 47.0 Å². The molecule has 0 saturated heterocycles. The van der Waals surface area contributed by atoms with Gasteiger partial charge in [0.2, 0.25) is 0 Å². The third-order valence-corrected chi connectivity index (χ3v) is 38.4. The Morgan fingerprint density at radius 1 is 0.143 bits per heavy atom. The summed E-state index contributed by atoms with van der Waals surface area (Å²) in [6.07, 6.45) is 0. The second-order valence-corrected chi connectivity index (χ2v) is 44.7. The standard InChI is InChI=1S/C141H86N2S4/c1-4-35-87(36-5-1)88-69-70-90-82-94(73-71-89(90)81-88)142(125-61-33-58-121-134(125)103-44-13-18-50-110(103)140(121)117-55-23-28-65-129(117)145-130-66-29-24-56-118(130)140)95-75-80-113-106(84-95)101-43-12-17-49-109(101)139(113)116-54-22-30-67-131(116)146-133-83-91(72-78-120(133)139)98-46-32-60-123-136(98)147-132-68-31-25-57-119(132)141(123)111-51-19-14-45-104(111)135-122(141)59-34-62-126(135)143(97-74-77-102-99-41-10-15-47-107(99)137(124(102)86-97,92-37-6-2-7-38-92)93-39-8-3-9-40-93)96-76-79-112-105(85-96)100-42-11-16-48-108(100)138(112)114-52-20-26-63-127(114)144-128-64-27-21-53-115(128)138/h1-86H. The monoisotopic (exact) mass is 1930 g/mol. The van der Waals surface area contributed by atoms with E-state index in [0.29, 0.717) is 0 Å². The van der Waals surface area contributed by atoms with Crippen LogP contribution in [0.1, 0.15) is 111 Å². The van der Waals surface area contributed by atoms with Crippen LogP contribution in [0.3, 0.4) is 0 Å². The molecule has 5 aliphatic carbocycles. The van der Waals surface area contributed by atoms with Gasteiger partial charge in [0.15, 0.2) is 0 Å². The maximum atomic E-state index is 2.65. The van der Waals surface area contributed by atoms with E-state index in [4.69, 9.17) is 0 Å². The second kappa shape index (κ2) is 31.7. The zero-order chi connectivity index (χ0) is 96.2. The van der Waals surface area contributed by atoms with Gasteiger partial charge < -0.3 is 9.80 Å². The predicted octanol–water partition coefficient (Wildman–Crippen LogP) is 36.8. The smallest absolute Gasteiger partial charge is 0.0736 e. The van der Waals surface area contributed by atoms with E-state index in [1.807, 2.05) is 47.0 Å². The molecule has 0 bridgehead atoms. The molecule has 2 atom stereocenters. The molecule has 6 heteroatoms. The quantitative estimate of drug-likeness (QED) is 0.134. The van der Waals surface area contributed by atoms with E-state index in [2.05, 4.69) is 532 Å². The lowest BCUT2D eigenvalue weighted by molar-refractivity contribution is 0.721. The van der Waals surface area contributed by atoms with Crippen LogP contribution in [0, 0.1) is 0 Å². The van der Waals surface area contributed by atoms with Crippen molar-refractivity contribution in [2.75, 3.05) is 9.80 Å². The molecule has 0 N–H and O–H groups in total. The van der Waals surface area contributed by atoms with E-state index in [1.54, 1.807) is 0 Å². The van der Waals surface area contributed by atoms with E-state index < -0.39 is 27.1 Å². The molecular formula is C141H86N2S4. The average Bonchev–Trinajstić information content (AvgIpc) is 1.53. The lowest BCUT2D eigenvalue weighted by atomic mass is 9.66. The van der Waals surface area contributed by atoms with Crippen molar-refractivity contribution in [3.63, 3.8) is 0 Å². The molecule has 0 amide bonds. The molecule has 4 heterocycles. The van der Waals surface area contributed by atoms with Crippen molar-refractivity contribution in [2.24, 2.45) is 0 Å². The van der Waals surface area contributed by atoms with Crippen LogP contribution in [0.4, 0.5) is 34.1 Å². The molecular weight excluding hydrogens is 1850 g/mol. The largest absolute Gasteiger partial charge is 0.310 e. The summed E-state index contributed by atoms with van der Waals surface area (Å²) in [5.41, 5.74) is 46.2. The Morgan fingerprint density at radius 3 is 0.932 bits per heavy atom. The van der Waals surface area contributed by atoms with Crippen molar-refractivity contribution >= 4 is 91.9 Å². The van der Waals surface area contributed by atoms with Crippen LogP contribution in [0.25, 0.3) is 88.7 Å². The van der Waals surface area contributed by atoms with Gasteiger partial charge in [-0.15, -0.1) is 0 Å². The molecule has 23 aromatic carbocycles. The number of anilines is 6. The minimum absolute atomic E-state index is 0.565. The van der Waals surface area contributed by atoms with Gasteiger partial charge in [0, 0.05) is 73.0 Å². The van der Waals surface area contributed by atoms with Crippen LogP contribution in [-0.2, 0) is 27.1 Å². The number of benzene rings is 23. The Bertz CT molecular complexity index is 9500. The molecule has 2 unspecified atom stereocenters. The maximum absolute atomic E-state index is 2.65. The van der Waals surface area contributed by atoms with Gasteiger partial charge >= 0.3 is 0 Å². The van der Waals surface area contributed by atoms with Gasteiger partial charge in [-0.2, -0.15) is 0 Å². The summed E-state index contributed by atoms with van der Waals surface area (Å²) in [6.45, 7) is 0. The summed E-state index contributed by atoms with van der Waals surface area (Å²) >= 11 is 7.64. The lowest BCUT2D eigenvalue weighted by Crippen LogP contribution is -2.32. The normalized spacial score (nSPS) is 16.3. The van der Waals surface area contributed by atoms with Crippen LogP contribution < -0.4 is 9.80 Å². The molecule has 23 aromatic rings. The zero-order valence-corrected chi connectivity index (χ0v) is 82.9. The van der Waals surface area contributed by atoms with Gasteiger partial charge in [0.25, 0.3) is 0 Å². The van der Waals surface area contributed by atoms with Crippen molar-refractivity contribution in [3.05, 3.63) is 633 Å². The summed E-state index contributed by atoms with van der Waals surface area (Å²) in [4.78, 5) is 15.4. The Balaban J connectivity index is 0.577. The van der Waals surface area contributed by atoms with Crippen LogP contribution in [0.15, 0.2) is 561 Å². The zero-order valence-electron chi connectivity index (χ0n) is 79.7. The second-order valence-electron chi connectivity index (χ2n) is 40.4. The van der Waals surface area contributed by atoms with Crippen LogP contribution in [0.2, 0.25) is 0 Å². The van der Waals surface area contributed by atoms with E-state index in [9.17, 15) is 0 Å². The molecule has 147 heavy (non-hydrogen) atoms. The number of hydrogen-bond donors (Lipinski definition) is 0. The van der Waals surface area contributed by atoms with Gasteiger partial charge in [0.1, 0.15) is 0 Å². The minimum atomic E-state index is -0.780. The highest BCUT2D eigenvalue weighted by atomic mass is 32.2. The van der Waals surface area contributed by atoms with Crippen molar-refractivity contribution in [1.82, 2.24) is 0 Å². The number of rotatable bonds is 10. The van der Waals surface area contributed by atoms with Crippen molar-refractivity contribution in [2.45, 2.75) is 66.2 Å². The Morgan fingerprint density at radius 2 is 0.442 bits per heavy atom. The fraction of sp³-hybridized carbons (Fsp3) is 0.0355. The Hall–Kier alpha value is -16.7. The molecule has 4 spiro atoms. The molecule has 0 radical (unpaired) electrons. The molecule has 0 fully saturated rings. The highest BCUT2D eigenvalue weighted by Crippen LogP contribution is 2.72. The van der Waals surface area contributed by atoms with Gasteiger partial charge in [-0.3, -0.25) is 0 Å². The molecule has 0 saturated carbocycles. The summed E-state index contributed by atoms with van der Waals surface area (Å²) in [7, 11) is 0. The predicted molar refractivity (Wildman–Crippen MR) is 607 cm³/mol. The molecule has 9 aliphatic rings. The fourth-order valence-electron chi connectivity index (χ4n) is 28.2. The SMILES string of the molecule is c1ccc(-c2ccc3cc(N(c4ccc5c(c4)-c4ccccc4C54c5ccccc5Sc5cc(-c6cccc7c6Sc6ccccc6C76c7ccccc7-c7c(N(c8ccc9c(c8)-c8ccccc8C98c9ccccc9Sc9ccccc98)c8ccc9c(c8)C(c8ccccc8)(c8ccccc8)c8ccccc8-9)cccc76)ccc54)c4cccc5c4-c4ccccc4C54c5ccccc5Sc5ccccc54)ccc3c2)cc1. The fourth-order valence-corrected chi connectivity index (χ4v) is 33.2. The van der Waals surface area contributed by atoms with Crippen LogP contribution in [0.5, 0.6) is 0 Å². The highest BCUT2D eigenvalue weighted by molar-refractivity contribution is 8.00. The van der Waals surface area contributed by atoms with Gasteiger partial charge in [-0.05, 0) is 298 Å². The number of hydrogen-bond acceptors (Lipinski definition) is 6. The Labute approximate surface area is 871 Å². The average molecular weight is 1940 g/mol. The van der Waals surface area contributed by atoms with Gasteiger partial charge in [-0.25, -0.2) is 0 Å². The number of fused-ring (bicyclic) bond motifs is 40. The van der Waals surface area contributed by atoms with E-state index in [0.717, 1.165) is 34.1 Å².